The Kier molecular flexibility index (Phi) is 9.86. The van der Waals surface area contributed by atoms with E-state index in [4.69, 9.17) is 4.42 Å². The predicted molar refractivity (Wildman–Crippen MR) is 153 cm³/mol. The molecule has 2 heterocycles. The second kappa shape index (κ2) is 13.1. The van der Waals surface area contributed by atoms with Crippen LogP contribution in [0, 0.1) is 6.92 Å². The minimum Gasteiger partial charge on any atom is -0.549 e. The third-order valence-electron chi connectivity index (χ3n) is 7.53. The number of benzene rings is 3. The zero-order valence-corrected chi connectivity index (χ0v) is 26.5. The van der Waals surface area contributed by atoms with Crippen molar-refractivity contribution in [1.82, 2.24) is 9.88 Å². The molecule has 0 radical (unpaired) electrons. The molecule has 0 amide bonds. The van der Waals surface area contributed by atoms with E-state index in [1.807, 2.05) is 55.5 Å². The van der Waals surface area contributed by atoms with Crippen LogP contribution in [0.2, 0.25) is 0 Å². The van der Waals surface area contributed by atoms with Gasteiger partial charge in [0.15, 0.2) is 0 Å². The Balaban J connectivity index is 0.00000423. The van der Waals surface area contributed by atoms with Gasteiger partial charge in [0.2, 0.25) is 5.76 Å². The normalized spacial score (nSPS) is 12.0. The maximum atomic E-state index is 13.2. The number of fused-ring (bicyclic) bond motifs is 1. The van der Waals surface area contributed by atoms with Crippen LogP contribution < -0.4 is 34.7 Å². The van der Waals surface area contributed by atoms with Crippen LogP contribution >= 0.6 is 0 Å². The molecule has 0 bridgehead atoms. The Morgan fingerprint density at radius 1 is 0.860 bits per heavy atom. The molecule has 5 rings (SSSR count). The van der Waals surface area contributed by atoms with Crippen molar-refractivity contribution in [3.05, 3.63) is 125 Å². The molecule has 5 nitrogen and oxygen atoms in total. The number of nitrogens with zero attached hydrogens (tertiary/aromatic N) is 2. The first kappa shape index (κ1) is 32.5. The fourth-order valence-corrected chi connectivity index (χ4v) is 4.97. The van der Waals surface area contributed by atoms with E-state index in [0.717, 1.165) is 39.1 Å². The molecule has 0 fully saturated rings. The Labute approximate surface area is 270 Å². The number of furan rings is 1. The van der Waals surface area contributed by atoms with E-state index >= 15 is 0 Å². The van der Waals surface area contributed by atoms with Crippen LogP contribution in [0.5, 0.6) is 0 Å². The smallest absolute Gasteiger partial charge is 0.549 e. The number of hydrogen-bond acceptors (Lipinski definition) is 5. The molecular weight excluding hydrogens is 564 g/mol. The number of aromatic nitrogens is 1. The average molecular weight is 595 g/mol. The van der Waals surface area contributed by atoms with Crippen LogP contribution in [0.1, 0.15) is 47.8 Å². The SMILES string of the molecule is Cc1ccc2ccccc2c1CN(Cc1ccc(-c2cccc(C(C)(C)C(=O)[O-])n2)cc1)Cc1ccc(C(F)(F)F)o1.[Na+]. The molecular formula is C34H30F3N2NaO3. The van der Waals surface area contributed by atoms with Crippen molar-refractivity contribution >= 4 is 16.7 Å². The summed E-state index contributed by atoms with van der Waals surface area (Å²) >= 11 is 0. The first-order valence-electron chi connectivity index (χ1n) is 13.6. The number of carboxylic acids is 1. The Bertz CT molecular complexity index is 1730. The van der Waals surface area contributed by atoms with Gasteiger partial charge in [-0.25, -0.2) is 0 Å². The Hall–Kier alpha value is -3.43. The van der Waals surface area contributed by atoms with Gasteiger partial charge in [-0.3, -0.25) is 9.88 Å². The molecule has 3 aromatic carbocycles. The van der Waals surface area contributed by atoms with Gasteiger partial charge in [-0.2, -0.15) is 13.2 Å². The van der Waals surface area contributed by atoms with E-state index in [2.05, 4.69) is 28.1 Å². The summed E-state index contributed by atoms with van der Waals surface area (Å²) < 4.78 is 44.9. The third-order valence-corrected chi connectivity index (χ3v) is 7.53. The quantitative estimate of drug-likeness (QED) is 0.241. The van der Waals surface area contributed by atoms with Gasteiger partial charge in [0.05, 0.1) is 23.9 Å². The summed E-state index contributed by atoms with van der Waals surface area (Å²) in [4.78, 5) is 18.2. The molecule has 0 N–H and O–H groups in total. The summed E-state index contributed by atoms with van der Waals surface area (Å²) in [5.41, 5.74) is 3.74. The molecule has 43 heavy (non-hydrogen) atoms. The van der Waals surface area contributed by atoms with Gasteiger partial charge in [0.25, 0.3) is 0 Å². The van der Waals surface area contributed by atoms with Gasteiger partial charge in [0.1, 0.15) is 5.76 Å². The molecule has 0 saturated carbocycles. The van der Waals surface area contributed by atoms with Crippen molar-refractivity contribution in [2.45, 2.75) is 52.0 Å². The number of aryl methyl sites for hydroxylation is 1. The number of carbonyl (C=O) groups is 1. The van der Waals surface area contributed by atoms with Gasteiger partial charge in [-0.15, -0.1) is 0 Å². The second-order valence-corrected chi connectivity index (χ2v) is 11.0. The van der Waals surface area contributed by atoms with Crippen LogP contribution in [-0.2, 0) is 36.0 Å². The fourth-order valence-electron chi connectivity index (χ4n) is 4.97. The molecule has 0 saturated heterocycles. The molecule has 0 aliphatic heterocycles. The molecule has 0 unspecified atom stereocenters. The summed E-state index contributed by atoms with van der Waals surface area (Å²) in [5.74, 6) is -1.99. The zero-order valence-electron chi connectivity index (χ0n) is 24.5. The van der Waals surface area contributed by atoms with Gasteiger partial charge in [-0.05, 0) is 72.5 Å². The number of alkyl halides is 3. The number of carboxylic acid groups (broad SMARTS) is 1. The predicted octanol–water partition coefficient (Wildman–Crippen LogP) is 4.06. The van der Waals surface area contributed by atoms with Crippen molar-refractivity contribution < 1.29 is 57.0 Å². The van der Waals surface area contributed by atoms with Crippen molar-refractivity contribution in [3.8, 4) is 11.3 Å². The minimum atomic E-state index is -4.55. The number of halogens is 3. The van der Waals surface area contributed by atoms with E-state index in [0.29, 0.717) is 24.5 Å². The molecule has 0 spiro atoms. The van der Waals surface area contributed by atoms with Gasteiger partial charge in [-0.1, -0.05) is 66.7 Å². The zero-order chi connectivity index (χ0) is 30.1. The van der Waals surface area contributed by atoms with E-state index in [-0.39, 0.29) is 41.9 Å². The summed E-state index contributed by atoms with van der Waals surface area (Å²) in [5, 5.41) is 13.8. The van der Waals surface area contributed by atoms with Crippen LogP contribution in [-0.4, -0.2) is 15.9 Å². The monoisotopic (exact) mass is 594 g/mol. The molecule has 5 aromatic rings. The maximum absolute atomic E-state index is 13.2. The van der Waals surface area contributed by atoms with Gasteiger partial charge >= 0.3 is 35.7 Å². The van der Waals surface area contributed by atoms with Crippen molar-refractivity contribution in [2.24, 2.45) is 0 Å². The third kappa shape index (κ3) is 7.39. The summed E-state index contributed by atoms with van der Waals surface area (Å²) in [7, 11) is 0. The molecule has 0 aliphatic carbocycles. The van der Waals surface area contributed by atoms with E-state index in [1.165, 1.54) is 6.07 Å². The van der Waals surface area contributed by atoms with E-state index in [9.17, 15) is 23.1 Å². The topological polar surface area (TPSA) is 69.4 Å². The molecule has 0 aliphatic rings. The van der Waals surface area contributed by atoms with Crippen LogP contribution in [0.4, 0.5) is 13.2 Å². The average Bonchev–Trinajstić information content (AvgIpc) is 3.44. The fraction of sp³-hybridized carbons (Fsp3) is 0.235. The molecule has 216 valence electrons. The van der Waals surface area contributed by atoms with Crippen LogP contribution in [0.25, 0.3) is 22.0 Å². The van der Waals surface area contributed by atoms with Crippen molar-refractivity contribution in [2.75, 3.05) is 0 Å². The van der Waals surface area contributed by atoms with E-state index < -0.39 is 23.3 Å². The summed E-state index contributed by atoms with van der Waals surface area (Å²) in [6, 6.07) is 27.5. The van der Waals surface area contributed by atoms with Gasteiger partial charge in [0, 0.05) is 24.1 Å². The maximum Gasteiger partial charge on any atom is 1.00 e. The second-order valence-electron chi connectivity index (χ2n) is 11.0. The number of aliphatic carboxylic acids is 1. The first-order valence-corrected chi connectivity index (χ1v) is 13.6. The van der Waals surface area contributed by atoms with E-state index in [1.54, 1.807) is 26.0 Å². The van der Waals surface area contributed by atoms with Crippen LogP contribution in [0.3, 0.4) is 0 Å². The molecule has 0 atom stereocenters. The standard InChI is InChI=1S/C34H31F3N2O3.Na/c1-22-11-14-24-7-4-5-8-27(24)28(22)21-39(20-26-17-18-31(42-26)34(35,36)37)19-23-12-15-25(16-13-23)29-9-6-10-30(38-29)33(2,3)32(40)41;/h4-18H,19-21H2,1-3H3,(H,40,41);/q;+1/p-1. The molecule has 2 aromatic heterocycles. The number of rotatable bonds is 9. The van der Waals surface area contributed by atoms with Crippen molar-refractivity contribution in [3.63, 3.8) is 0 Å². The largest absolute Gasteiger partial charge is 1.00 e. The minimum absolute atomic E-state index is 0. The molecule has 9 heteroatoms. The van der Waals surface area contributed by atoms with Crippen molar-refractivity contribution in [1.29, 1.82) is 0 Å². The van der Waals surface area contributed by atoms with Crippen LogP contribution in [0.15, 0.2) is 95.4 Å². The number of carbonyl (C=O) groups excluding carboxylic acids is 1. The van der Waals surface area contributed by atoms with Gasteiger partial charge < -0.3 is 14.3 Å². The number of hydrogen-bond donors (Lipinski definition) is 0. The number of pyridine rings is 1. The summed E-state index contributed by atoms with van der Waals surface area (Å²) in [6.45, 7) is 6.28. The Morgan fingerprint density at radius 3 is 2.26 bits per heavy atom. The Morgan fingerprint density at radius 2 is 1.58 bits per heavy atom. The summed E-state index contributed by atoms with van der Waals surface area (Å²) in [6.07, 6.45) is -4.55. The first-order chi connectivity index (χ1) is 19.9.